The molecule has 0 saturated heterocycles. The van der Waals surface area contributed by atoms with Crippen molar-refractivity contribution in [3.8, 4) is 0 Å². The minimum absolute atomic E-state index is 0.268. The third kappa shape index (κ3) is 4.15. The Morgan fingerprint density at radius 1 is 1.53 bits per heavy atom. The van der Waals surface area contributed by atoms with E-state index in [1.165, 1.54) is 0 Å². The highest BCUT2D eigenvalue weighted by Gasteiger charge is 2.17. The molecule has 5 heteroatoms. The average Bonchev–Trinajstić information content (AvgIpc) is 2.26. The number of benzene rings is 1. The Labute approximate surface area is 112 Å². The molecular formula is C12H17ClN2OS. The third-order valence-corrected chi connectivity index (χ3v) is 2.96. The lowest BCUT2D eigenvalue weighted by Gasteiger charge is -2.24. The monoisotopic (exact) mass is 272 g/mol. The maximum atomic E-state index is 5.95. The third-order valence-electron chi connectivity index (χ3n) is 2.50. The highest BCUT2D eigenvalue weighted by atomic mass is 35.5. The van der Waals surface area contributed by atoms with Crippen LogP contribution in [0, 0.1) is 0 Å². The van der Waals surface area contributed by atoms with Gasteiger partial charge < -0.3 is 15.8 Å². The minimum Gasteiger partial charge on any atom is -0.389 e. The lowest BCUT2D eigenvalue weighted by molar-refractivity contribution is 0.0344. The number of ether oxygens (including phenoxy) is 1. The molecular weight excluding hydrogens is 256 g/mol. The second-order valence-corrected chi connectivity index (χ2v) is 5.25. The van der Waals surface area contributed by atoms with Gasteiger partial charge in [-0.15, -0.1) is 0 Å². The van der Waals surface area contributed by atoms with E-state index in [9.17, 15) is 0 Å². The van der Waals surface area contributed by atoms with E-state index in [1.807, 2.05) is 26.0 Å². The molecule has 0 spiro atoms. The Bertz CT molecular complexity index is 421. The molecule has 1 aromatic rings. The molecule has 0 fully saturated rings. The van der Waals surface area contributed by atoms with Crippen molar-refractivity contribution in [1.29, 1.82) is 0 Å². The van der Waals surface area contributed by atoms with E-state index in [4.69, 9.17) is 34.3 Å². The molecule has 3 nitrogen and oxygen atoms in total. The van der Waals surface area contributed by atoms with Crippen molar-refractivity contribution >= 4 is 34.5 Å². The standard InChI is InChI=1S/C12H17ClN2OS/c1-12(2,16-3)7-15-10-6-8(13)4-5-9(10)11(14)17/h4-6,15H,7H2,1-3H3,(H2,14,17). The van der Waals surface area contributed by atoms with E-state index >= 15 is 0 Å². The first kappa shape index (κ1) is 14.2. The van der Waals surface area contributed by atoms with Crippen LogP contribution in [0.25, 0.3) is 0 Å². The van der Waals surface area contributed by atoms with E-state index in [0.717, 1.165) is 11.3 Å². The summed E-state index contributed by atoms with van der Waals surface area (Å²) in [5, 5.41) is 3.89. The molecule has 0 aliphatic carbocycles. The highest BCUT2D eigenvalue weighted by molar-refractivity contribution is 7.80. The molecule has 0 bridgehead atoms. The van der Waals surface area contributed by atoms with Gasteiger partial charge in [-0.1, -0.05) is 23.8 Å². The smallest absolute Gasteiger partial charge is 0.106 e. The molecule has 0 saturated carbocycles. The molecule has 0 unspecified atom stereocenters. The zero-order chi connectivity index (χ0) is 13.1. The Morgan fingerprint density at radius 3 is 2.71 bits per heavy atom. The predicted molar refractivity (Wildman–Crippen MR) is 76.9 cm³/mol. The van der Waals surface area contributed by atoms with Gasteiger partial charge in [0.25, 0.3) is 0 Å². The summed E-state index contributed by atoms with van der Waals surface area (Å²) in [7, 11) is 1.67. The van der Waals surface area contributed by atoms with E-state index in [-0.39, 0.29) is 5.60 Å². The summed E-state index contributed by atoms with van der Waals surface area (Å²) in [5.41, 5.74) is 7.00. The van der Waals surface area contributed by atoms with Crippen molar-refractivity contribution in [2.75, 3.05) is 19.0 Å². The molecule has 0 aliphatic rings. The van der Waals surface area contributed by atoms with E-state index in [0.29, 0.717) is 16.6 Å². The van der Waals surface area contributed by atoms with Gasteiger partial charge in [-0.2, -0.15) is 0 Å². The summed E-state index contributed by atoms with van der Waals surface area (Å²) in [6, 6.07) is 5.39. The molecule has 0 heterocycles. The number of hydrogen-bond donors (Lipinski definition) is 2. The molecule has 0 atom stereocenters. The van der Waals surface area contributed by atoms with Gasteiger partial charge in [-0.05, 0) is 32.0 Å². The van der Waals surface area contributed by atoms with Crippen LogP contribution in [-0.2, 0) is 4.74 Å². The fourth-order valence-corrected chi connectivity index (χ4v) is 1.61. The summed E-state index contributed by atoms with van der Waals surface area (Å²) in [6.07, 6.45) is 0. The second kappa shape index (κ2) is 5.67. The topological polar surface area (TPSA) is 47.3 Å². The first-order valence-electron chi connectivity index (χ1n) is 5.24. The summed E-state index contributed by atoms with van der Waals surface area (Å²) in [4.78, 5) is 0.347. The number of nitrogens with one attached hydrogen (secondary N) is 1. The first-order chi connectivity index (χ1) is 7.85. The largest absolute Gasteiger partial charge is 0.389 e. The van der Waals surface area contributed by atoms with Crippen molar-refractivity contribution in [1.82, 2.24) is 0 Å². The highest BCUT2D eigenvalue weighted by Crippen LogP contribution is 2.22. The van der Waals surface area contributed by atoms with Crippen molar-refractivity contribution in [3.63, 3.8) is 0 Å². The summed E-state index contributed by atoms with van der Waals surface area (Å²) in [6.45, 7) is 4.62. The SMILES string of the molecule is COC(C)(C)CNc1cc(Cl)ccc1C(N)=S. The molecule has 3 N–H and O–H groups in total. The lowest BCUT2D eigenvalue weighted by atomic mass is 10.1. The van der Waals surface area contributed by atoms with Crippen LogP contribution < -0.4 is 11.1 Å². The molecule has 0 radical (unpaired) electrons. The van der Waals surface area contributed by atoms with Crippen LogP contribution in [0.2, 0.25) is 5.02 Å². The number of halogens is 1. The van der Waals surface area contributed by atoms with Crippen LogP contribution in [0.15, 0.2) is 18.2 Å². The van der Waals surface area contributed by atoms with Crippen molar-refractivity contribution < 1.29 is 4.74 Å². The molecule has 0 amide bonds. The fraction of sp³-hybridized carbons (Fsp3) is 0.417. The number of anilines is 1. The number of methoxy groups -OCH3 is 1. The maximum Gasteiger partial charge on any atom is 0.106 e. The van der Waals surface area contributed by atoms with Crippen LogP contribution in [-0.4, -0.2) is 24.2 Å². The van der Waals surface area contributed by atoms with Crippen molar-refractivity contribution in [2.45, 2.75) is 19.4 Å². The Balaban J connectivity index is 2.89. The number of nitrogens with two attached hydrogens (primary N) is 1. The summed E-state index contributed by atoms with van der Waals surface area (Å²) in [5.74, 6) is 0. The Kier molecular flexibility index (Phi) is 4.74. The maximum absolute atomic E-state index is 5.95. The molecule has 1 rings (SSSR count). The number of rotatable bonds is 5. The lowest BCUT2D eigenvalue weighted by Crippen LogP contribution is -2.32. The van der Waals surface area contributed by atoms with Gasteiger partial charge in [-0.25, -0.2) is 0 Å². The van der Waals surface area contributed by atoms with E-state index in [1.54, 1.807) is 13.2 Å². The van der Waals surface area contributed by atoms with E-state index < -0.39 is 0 Å². The molecule has 0 aliphatic heterocycles. The van der Waals surface area contributed by atoms with Gasteiger partial charge in [0.05, 0.1) is 5.60 Å². The van der Waals surface area contributed by atoms with Crippen LogP contribution in [0.1, 0.15) is 19.4 Å². The molecule has 17 heavy (non-hydrogen) atoms. The molecule has 94 valence electrons. The fourth-order valence-electron chi connectivity index (χ4n) is 1.26. The predicted octanol–water partition coefficient (Wildman–Crippen LogP) is 2.81. The zero-order valence-electron chi connectivity index (χ0n) is 10.2. The van der Waals surface area contributed by atoms with Gasteiger partial charge in [0.1, 0.15) is 4.99 Å². The minimum atomic E-state index is -0.268. The normalized spacial score (nSPS) is 11.3. The first-order valence-corrected chi connectivity index (χ1v) is 6.03. The quantitative estimate of drug-likeness (QED) is 0.810. The van der Waals surface area contributed by atoms with Crippen LogP contribution in [0.3, 0.4) is 0 Å². The van der Waals surface area contributed by atoms with Gasteiger partial charge in [0, 0.05) is 29.9 Å². The zero-order valence-corrected chi connectivity index (χ0v) is 11.8. The summed E-state index contributed by atoms with van der Waals surface area (Å²) < 4.78 is 5.33. The van der Waals surface area contributed by atoms with Crippen molar-refractivity contribution in [3.05, 3.63) is 28.8 Å². The number of hydrogen-bond acceptors (Lipinski definition) is 3. The molecule has 1 aromatic carbocycles. The van der Waals surface area contributed by atoms with Crippen LogP contribution in [0.4, 0.5) is 5.69 Å². The number of thiocarbonyl (C=S) groups is 1. The van der Waals surface area contributed by atoms with Crippen LogP contribution in [0.5, 0.6) is 0 Å². The summed E-state index contributed by atoms with van der Waals surface area (Å²) >= 11 is 10.9. The van der Waals surface area contributed by atoms with Gasteiger partial charge in [0.2, 0.25) is 0 Å². The van der Waals surface area contributed by atoms with Crippen molar-refractivity contribution in [2.24, 2.45) is 5.73 Å². The van der Waals surface area contributed by atoms with Crippen LogP contribution >= 0.6 is 23.8 Å². The Morgan fingerprint density at radius 2 is 2.18 bits per heavy atom. The van der Waals surface area contributed by atoms with E-state index in [2.05, 4.69) is 5.32 Å². The van der Waals surface area contributed by atoms with Gasteiger partial charge in [0.15, 0.2) is 0 Å². The van der Waals surface area contributed by atoms with Gasteiger partial charge >= 0.3 is 0 Å². The second-order valence-electron chi connectivity index (χ2n) is 4.37. The van der Waals surface area contributed by atoms with Gasteiger partial charge in [-0.3, -0.25) is 0 Å². The molecule has 0 aromatic heterocycles. The average molecular weight is 273 g/mol. The Hall–Kier alpha value is -0.840.